The van der Waals surface area contributed by atoms with E-state index in [-0.39, 0.29) is 31.1 Å². The van der Waals surface area contributed by atoms with Crippen molar-refractivity contribution in [2.45, 2.75) is 348 Å². The number of carbonyl (C=O) groups is 3. The second kappa shape index (κ2) is 63.6. The van der Waals surface area contributed by atoms with Gasteiger partial charge in [-0.05, 0) is 83.5 Å². The van der Waals surface area contributed by atoms with Crippen LogP contribution in [-0.2, 0) is 28.6 Å². The average Bonchev–Trinajstić information content (AvgIpc) is 3.41. The molecule has 0 saturated heterocycles. The highest BCUT2D eigenvalue weighted by atomic mass is 16.6. The fraction of sp³-hybridized carbons (Fsp3) is 0.812. The van der Waals surface area contributed by atoms with E-state index in [1.165, 1.54) is 212 Å². The average molecular weight is 1050 g/mol. The van der Waals surface area contributed by atoms with Crippen molar-refractivity contribution < 1.29 is 28.6 Å². The first-order chi connectivity index (χ1) is 37.0. The maximum absolute atomic E-state index is 12.9. The summed E-state index contributed by atoms with van der Waals surface area (Å²) in [7, 11) is 0. The Morgan fingerprint density at radius 1 is 0.280 bits per heavy atom. The maximum Gasteiger partial charge on any atom is 0.306 e. The first-order valence-corrected chi connectivity index (χ1v) is 32.8. The van der Waals surface area contributed by atoms with Crippen molar-refractivity contribution in [1.29, 1.82) is 0 Å². The van der Waals surface area contributed by atoms with Crippen molar-refractivity contribution >= 4 is 17.9 Å². The Morgan fingerprint density at radius 2 is 0.520 bits per heavy atom. The van der Waals surface area contributed by atoms with Gasteiger partial charge >= 0.3 is 17.9 Å². The zero-order valence-electron chi connectivity index (χ0n) is 50.1. The summed E-state index contributed by atoms with van der Waals surface area (Å²) in [6, 6.07) is 0. The van der Waals surface area contributed by atoms with E-state index in [2.05, 4.69) is 81.5 Å². The molecule has 0 spiro atoms. The second-order valence-electron chi connectivity index (χ2n) is 22.0. The highest BCUT2D eigenvalue weighted by Gasteiger charge is 2.19. The van der Waals surface area contributed by atoms with Crippen LogP contribution in [0.4, 0.5) is 0 Å². The number of rotatable bonds is 60. The first-order valence-electron chi connectivity index (χ1n) is 32.8. The van der Waals surface area contributed by atoms with Crippen LogP contribution < -0.4 is 0 Å². The van der Waals surface area contributed by atoms with E-state index in [0.29, 0.717) is 19.3 Å². The smallest absolute Gasteiger partial charge is 0.306 e. The highest BCUT2D eigenvalue weighted by molar-refractivity contribution is 5.71. The largest absolute Gasteiger partial charge is 0.462 e. The standard InChI is InChI=1S/C69H124O6/c1-4-7-10-13-16-19-22-25-28-31-34-37-40-43-46-49-52-55-58-61-67(70)73-64-66(75-69(72)63-60-57-54-51-48-45-42-39-36-33-30-27-24-21-18-15-12-9-6-3)65-74-68(71)62-59-56-53-50-47-44-41-38-35-32-29-26-23-20-17-14-11-8-5-2/h7,10,16,19,25,27-28,30,34,37,66H,4-6,8-9,11-15,17-18,20-24,26,29,31-33,35-36,38-65H2,1-3H3/b10-7-,19-16-,28-25-,30-27-,37-34-. The number of hydrogen-bond acceptors (Lipinski definition) is 6. The van der Waals surface area contributed by atoms with Gasteiger partial charge in [0.15, 0.2) is 6.10 Å². The maximum atomic E-state index is 12.9. The molecule has 0 aliphatic carbocycles. The molecule has 0 aromatic heterocycles. The molecule has 1 unspecified atom stereocenters. The number of allylic oxidation sites excluding steroid dienone is 10. The SMILES string of the molecule is CC/C=C\C/C=C\C/C=C\C/C=C\CCCCCCCCC(=O)OCC(COC(=O)CCCCCCCCCCCCCCCCCCCCC)OC(=O)CCCCCCCCCCC/C=C\CCCCCCCC. The zero-order chi connectivity index (χ0) is 54.3. The molecule has 6 heteroatoms. The van der Waals surface area contributed by atoms with Crippen LogP contribution in [-0.4, -0.2) is 37.2 Å². The van der Waals surface area contributed by atoms with Crippen LogP contribution in [0.25, 0.3) is 0 Å². The third-order valence-electron chi connectivity index (χ3n) is 14.5. The van der Waals surface area contributed by atoms with Gasteiger partial charge in [0.2, 0.25) is 0 Å². The lowest BCUT2D eigenvalue weighted by Crippen LogP contribution is -2.30. The van der Waals surface area contributed by atoms with E-state index >= 15 is 0 Å². The monoisotopic (exact) mass is 1050 g/mol. The van der Waals surface area contributed by atoms with Crippen LogP contribution in [0.2, 0.25) is 0 Å². The molecule has 0 N–H and O–H groups in total. The van der Waals surface area contributed by atoms with Gasteiger partial charge in [-0.25, -0.2) is 0 Å². The van der Waals surface area contributed by atoms with Crippen LogP contribution in [0.15, 0.2) is 60.8 Å². The number of hydrogen-bond donors (Lipinski definition) is 0. The van der Waals surface area contributed by atoms with Crippen molar-refractivity contribution in [2.24, 2.45) is 0 Å². The molecule has 0 heterocycles. The third kappa shape index (κ3) is 61.8. The molecule has 0 amide bonds. The van der Waals surface area contributed by atoms with Gasteiger partial charge in [0.25, 0.3) is 0 Å². The van der Waals surface area contributed by atoms with Gasteiger partial charge in [-0.3, -0.25) is 14.4 Å². The number of carbonyl (C=O) groups excluding carboxylic acids is 3. The predicted molar refractivity (Wildman–Crippen MR) is 325 cm³/mol. The molecule has 0 aliphatic heterocycles. The molecule has 0 saturated carbocycles. The van der Waals surface area contributed by atoms with E-state index in [1.54, 1.807) is 0 Å². The van der Waals surface area contributed by atoms with E-state index in [1.807, 2.05) is 0 Å². The van der Waals surface area contributed by atoms with E-state index in [4.69, 9.17) is 14.2 Å². The summed E-state index contributed by atoms with van der Waals surface area (Å²) in [5.41, 5.74) is 0. The van der Waals surface area contributed by atoms with Gasteiger partial charge in [-0.15, -0.1) is 0 Å². The van der Waals surface area contributed by atoms with Gasteiger partial charge in [-0.1, -0.05) is 300 Å². The Balaban J connectivity index is 4.37. The van der Waals surface area contributed by atoms with Crippen molar-refractivity contribution in [3.63, 3.8) is 0 Å². The van der Waals surface area contributed by atoms with Crippen LogP contribution in [0, 0.1) is 0 Å². The second-order valence-corrected chi connectivity index (χ2v) is 22.0. The highest BCUT2D eigenvalue weighted by Crippen LogP contribution is 2.17. The van der Waals surface area contributed by atoms with E-state index < -0.39 is 6.10 Å². The number of esters is 3. The molecule has 6 nitrogen and oxygen atoms in total. The summed E-state index contributed by atoms with van der Waals surface area (Å²) < 4.78 is 17.0. The summed E-state index contributed by atoms with van der Waals surface area (Å²) in [5.74, 6) is -0.871. The molecule has 0 aromatic carbocycles. The Kier molecular flexibility index (Phi) is 61.2. The minimum absolute atomic E-state index is 0.0760. The number of ether oxygens (including phenoxy) is 3. The summed E-state index contributed by atoms with van der Waals surface area (Å²) in [5, 5.41) is 0. The topological polar surface area (TPSA) is 78.9 Å². The third-order valence-corrected chi connectivity index (χ3v) is 14.5. The van der Waals surface area contributed by atoms with Gasteiger partial charge in [0.05, 0.1) is 0 Å². The molecule has 0 radical (unpaired) electrons. The predicted octanol–water partition coefficient (Wildman–Crippen LogP) is 22.3. The minimum Gasteiger partial charge on any atom is -0.462 e. The van der Waals surface area contributed by atoms with Crippen molar-refractivity contribution in [2.75, 3.05) is 13.2 Å². The molecule has 436 valence electrons. The van der Waals surface area contributed by atoms with E-state index in [0.717, 1.165) is 89.9 Å². The lowest BCUT2D eigenvalue weighted by Gasteiger charge is -2.18. The molecule has 0 fully saturated rings. The molecule has 0 bridgehead atoms. The van der Waals surface area contributed by atoms with Crippen LogP contribution in [0.5, 0.6) is 0 Å². The van der Waals surface area contributed by atoms with Gasteiger partial charge < -0.3 is 14.2 Å². The van der Waals surface area contributed by atoms with Crippen LogP contribution in [0.3, 0.4) is 0 Å². The Morgan fingerprint density at radius 3 is 0.827 bits per heavy atom. The summed E-state index contributed by atoms with van der Waals surface area (Å²) in [4.78, 5) is 38.4. The lowest BCUT2D eigenvalue weighted by molar-refractivity contribution is -0.167. The molecule has 0 aromatic rings. The summed E-state index contributed by atoms with van der Waals surface area (Å²) in [6.07, 6.45) is 80.8. The zero-order valence-corrected chi connectivity index (χ0v) is 50.1. The van der Waals surface area contributed by atoms with Crippen molar-refractivity contribution in [3.05, 3.63) is 60.8 Å². The molecule has 75 heavy (non-hydrogen) atoms. The fourth-order valence-corrected chi connectivity index (χ4v) is 9.61. The molecule has 0 aliphatic rings. The summed E-state index contributed by atoms with van der Waals surface area (Å²) in [6.45, 7) is 6.57. The van der Waals surface area contributed by atoms with Gasteiger partial charge in [-0.2, -0.15) is 0 Å². The van der Waals surface area contributed by atoms with Crippen molar-refractivity contribution in [3.8, 4) is 0 Å². The first kappa shape index (κ1) is 72.1. The lowest BCUT2D eigenvalue weighted by atomic mass is 10.0. The normalized spacial score (nSPS) is 12.4. The Bertz CT molecular complexity index is 1340. The molecular weight excluding hydrogens is 925 g/mol. The molecule has 0 rings (SSSR count). The van der Waals surface area contributed by atoms with Gasteiger partial charge in [0, 0.05) is 19.3 Å². The molecule has 1 atom stereocenters. The number of unbranched alkanes of at least 4 members (excludes halogenated alkanes) is 39. The Hall–Kier alpha value is -2.89. The Labute approximate surface area is 466 Å². The van der Waals surface area contributed by atoms with Crippen molar-refractivity contribution in [1.82, 2.24) is 0 Å². The molecular formula is C69H124O6. The summed E-state index contributed by atoms with van der Waals surface area (Å²) >= 11 is 0. The quantitative estimate of drug-likeness (QED) is 0.0261. The van der Waals surface area contributed by atoms with Gasteiger partial charge in [0.1, 0.15) is 13.2 Å². The van der Waals surface area contributed by atoms with E-state index in [9.17, 15) is 14.4 Å². The fourth-order valence-electron chi connectivity index (χ4n) is 9.61. The minimum atomic E-state index is -0.781. The van der Waals surface area contributed by atoms with Crippen LogP contribution >= 0.6 is 0 Å². The van der Waals surface area contributed by atoms with Crippen LogP contribution in [0.1, 0.15) is 342 Å².